The van der Waals surface area contributed by atoms with Crippen molar-refractivity contribution in [3.8, 4) is 5.88 Å². The van der Waals surface area contributed by atoms with Crippen LogP contribution >= 0.6 is 11.6 Å². The van der Waals surface area contributed by atoms with Crippen LogP contribution in [0.5, 0.6) is 5.88 Å². The number of nitrogens with zero attached hydrogens (tertiary/aromatic N) is 3. The van der Waals surface area contributed by atoms with Gasteiger partial charge in [0.25, 0.3) is 0 Å². The van der Waals surface area contributed by atoms with Crippen LogP contribution in [0.1, 0.15) is 19.8 Å². The summed E-state index contributed by atoms with van der Waals surface area (Å²) in [7, 11) is 0. The Hall–Kier alpha value is -0.870. The highest BCUT2D eigenvalue weighted by Crippen LogP contribution is 2.37. The molecule has 2 fully saturated rings. The summed E-state index contributed by atoms with van der Waals surface area (Å²) < 4.78 is 5.61. The summed E-state index contributed by atoms with van der Waals surface area (Å²) >= 11 is 5.75. The fourth-order valence-corrected chi connectivity index (χ4v) is 2.66. The van der Waals surface area contributed by atoms with Gasteiger partial charge in [-0.1, -0.05) is 11.6 Å². The zero-order chi connectivity index (χ0) is 12.5. The summed E-state index contributed by atoms with van der Waals surface area (Å²) in [6, 6.07) is 0.757. The number of hydrogen-bond acceptors (Lipinski definition) is 4. The molecule has 1 aromatic rings. The standard InChI is InChI=1S/C13H18ClN3O/c1-9(11-2-3-11)17-6-10(7-17)8-18-13-5-15-4-12(14)16-13/h4-5,9-11H,2-3,6-8H2,1H3. The molecular formula is C13H18ClN3O. The van der Waals surface area contributed by atoms with Gasteiger partial charge in [-0.05, 0) is 25.7 Å². The highest BCUT2D eigenvalue weighted by Gasteiger charge is 2.38. The molecule has 2 aliphatic rings. The van der Waals surface area contributed by atoms with E-state index in [1.54, 1.807) is 6.20 Å². The maximum atomic E-state index is 5.75. The number of ether oxygens (including phenoxy) is 1. The average Bonchev–Trinajstić information content (AvgIpc) is 3.10. The van der Waals surface area contributed by atoms with E-state index in [-0.39, 0.29) is 0 Å². The van der Waals surface area contributed by atoms with E-state index in [4.69, 9.17) is 16.3 Å². The van der Waals surface area contributed by atoms with Crippen LogP contribution in [0.25, 0.3) is 0 Å². The lowest BCUT2D eigenvalue weighted by molar-refractivity contribution is 0.0233. The molecule has 3 rings (SSSR count). The van der Waals surface area contributed by atoms with Gasteiger partial charge in [-0.15, -0.1) is 0 Å². The third-order valence-corrected chi connectivity index (χ3v) is 4.10. The van der Waals surface area contributed by atoms with Gasteiger partial charge in [0.15, 0.2) is 5.15 Å². The minimum Gasteiger partial charge on any atom is -0.476 e. The number of aromatic nitrogens is 2. The second-order valence-electron chi connectivity index (χ2n) is 5.39. The normalized spacial score (nSPS) is 22.6. The van der Waals surface area contributed by atoms with Crippen molar-refractivity contribution in [2.75, 3.05) is 19.7 Å². The molecule has 1 saturated carbocycles. The second kappa shape index (κ2) is 5.02. The Morgan fingerprint density at radius 3 is 2.89 bits per heavy atom. The van der Waals surface area contributed by atoms with Crippen LogP contribution in [0.15, 0.2) is 12.4 Å². The zero-order valence-corrected chi connectivity index (χ0v) is 11.3. The molecule has 0 spiro atoms. The summed E-state index contributed by atoms with van der Waals surface area (Å²) in [5.74, 6) is 2.09. The van der Waals surface area contributed by atoms with E-state index in [1.165, 1.54) is 19.0 Å². The largest absolute Gasteiger partial charge is 0.476 e. The molecule has 1 aliphatic carbocycles. The van der Waals surface area contributed by atoms with Crippen LogP contribution in [0.2, 0.25) is 5.15 Å². The van der Waals surface area contributed by atoms with Crippen LogP contribution in [0.3, 0.4) is 0 Å². The average molecular weight is 268 g/mol. The van der Waals surface area contributed by atoms with Crippen LogP contribution in [0, 0.1) is 11.8 Å². The Kier molecular flexibility index (Phi) is 3.39. The van der Waals surface area contributed by atoms with Crippen LogP contribution < -0.4 is 4.74 Å². The predicted octanol–water partition coefficient (Wildman–Crippen LogP) is 2.24. The van der Waals surface area contributed by atoms with Crippen molar-refractivity contribution in [2.45, 2.75) is 25.8 Å². The van der Waals surface area contributed by atoms with E-state index >= 15 is 0 Å². The first kappa shape index (κ1) is 12.2. The lowest BCUT2D eigenvalue weighted by atomic mass is 9.97. The molecule has 1 unspecified atom stereocenters. The summed E-state index contributed by atoms with van der Waals surface area (Å²) in [5, 5.41) is 0.380. The van der Waals surface area contributed by atoms with Gasteiger partial charge in [-0.25, -0.2) is 0 Å². The van der Waals surface area contributed by atoms with E-state index in [2.05, 4.69) is 21.8 Å². The van der Waals surface area contributed by atoms with Crippen molar-refractivity contribution in [2.24, 2.45) is 11.8 Å². The lowest BCUT2D eigenvalue weighted by Gasteiger charge is -2.43. The lowest BCUT2D eigenvalue weighted by Crippen LogP contribution is -2.53. The molecule has 1 saturated heterocycles. The topological polar surface area (TPSA) is 38.2 Å². The van der Waals surface area contributed by atoms with Crippen LogP contribution in [-0.4, -0.2) is 40.6 Å². The van der Waals surface area contributed by atoms with Crippen molar-refractivity contribution >= 4 is 11.6 Å². The van der Waals surface area contributed by atoms with Crippen molar-refractivity contribution in [1.29, 1.82) is 0 Å². The van der Waals surface area contributed by atoms with Gasteiger partial charge >= 0.3 is 0 Å². The van der Waals surface area contributed by atoms with Gasteiger partial charge in [0.05, 0.1) is 19.0 Å². The molecule has 4 nitrogen and oxygen atoms in total. The first-order valence-electron chi connectivity index (χ1n) is 6.57. The van der Waals surface area contributed by atoms with Gasteiger partial charge in [-0.3, -0.25) is 9.88 Å². The van der Waals surface area contributed by atoms with E-state index in [9.17, 15) is 0 Å². The zero-order valence-electron chi connectivity index (χ0n) is 10.6. The third kappa shape index (κ3) is 2.75. The quantitative estimate of drug-likeness (QED) is 0.820. The van der Waals surface area contributed by atoms with E-state index < -0.39 is 0 Å². The fraction of sp³-hybridized carbons (Fsp3) is 0.692. The molecule has 1 atom stereocenters. The number of halogens is 1. The maximum absolute atomic E-state index is 5.75. The monoisotopic (exact) mass is 267 g/mol. The molecule has 18 heavy (non-hydrogen) atoms. The third-order valence-electron chi connectivity index (χ3n) is 3.92. The SMILES string of the molecule is CC(C1CC1)N1CC(COc2cncc(Cl)n2)C1. The summed E-state index contributed by atoms with van der Waals surface area (Å²) in [4.78, 5) is 10.6. The molecule has 5 heteroatoms. The number of likely N-dealkylation sites (tertiary alicyclic amines) is 1. The molecule has 1 aliphatic heterocycles. The Morgan fingerprint density at radius 1 is 1.44 bits per heavy atom. The number of rotatable bonds is 5. The second-order valence-corrected chi connectivity index (χ2v) is 5.78. The maximum Gasteiger partial charge on any atom is 0.233 e. The van der Waals surface area contributed by atoms with Gasteiger partial charge in [0.2, 0.25) is 5.88 Å². The smallest absolute Gasteiger partial charge is 0.233 e. The van der Waals surface area contributed by atoms with Crippen molar-refractivity contribution in [3.05, 3.63) is 17.5 Å². The van der Waals surface area contributed by atoms with Crippen LogP contribution in [-0.2, 0) is 0 Å². The predicted molar refractivity (Wildman–Crippen MR) is 69.8 cm³/mol. The molecule has 0 amide bonds. The van der Waals surface area contributed by atoms with E-state index in [0.717, 1.165) is 25.0 Å². The molecule has 98 valence electrons. The van der Waals surface area contributed by atoms with E-state index in [1.807, 2.05) is 0 Å². The first-order valence-corrected chi connectivity index (χ1v) is 6.94. The molecular weight excluding hydrogens is 250 g/mol. The molecule has 0 radical (unpaired) electrons. The molecule has 1 aromatic heterocycles. The Morgan fingerprint density at radius 2 is 2.22 bits per heavy atom. The fourth-order valence-electron chi connectivity index (χ4n) is 2.52. The van der Waals surface area contributed by atoms with Gasteiger partial charge < -0.3 is 4.74 Å². The van der Waals surface area contributed by atoms with Crippen molar-refractivity contribution in [1.82, 2.24) is 14.9 Å². The summed E-state index contributed by atoms with van der Waals surface area (Å²) in [5.41, 5.74) is 0. The van der Waals surface area contributed by atoms with Gasteiger partial charge in [0, 0.05) is 25.0 Å². The number of hydrogen-bond donors (Lipinski definition) is 0. The Bertz CT molecular complexity index is 418. The summed E-state index contributed by atoms with van der Waals surface area (Å²) in [6.45, 7) is 5.34. The first-order chi connectivity index (χ1) is 8.72. The highest BCUT2D eigenvalue weighted by atomic mass is 35.5. The minimum atomic E-state index is 0.380. The summed E-state index contributed by atoms with van der Waals surface area (Å²) in [6.07, 6.45) is 5.94. The molecule has 0 N–H and O–H groups in total. The van der Waals surface area contributed by atoms with Crippen molar-refractivity contribution in [3.63, 3.8) is 0 Å². The Balaban J connectivity index is 1.40. The molecule has 2 heterocycles. The van der Waals surface area contributed by atoms with Crippen LogP contribution in [0.4, 0.5) is 0 Å². The Labute approximate surface area is 112 Å². The molecule has 0 aromatic carbocycles. The van der Waals surface area contributed by atoms with Crippen molar-refractivity contribution < 1.29 is 4.74 Å². The minimum absolute atomic E-state index is 0.380. The molecule has 0 bridgehead atoms. The van der Waals surface area contributed by atoms with Gasteiger partial charge in [-0.2, -0.15) is 4.98 Å². The van der Waals surface area contributed by atoms with E-state index in [0.29, 0.717) is 23.6 Å². The van der Waals surface area contributed by atoms with Gasteiger partial charge in [0.1, 0.15) is 0 Å². The highest BCUT2D eigenvalue weighted by molar-refractivity contribution is 6.29.